The van der Waals surface area contributed by atoms with Gasteiger partial charge in [0.15, 0.2) is 11.4 Å². The van der Waals surface area contributed by atoms with Crippen molar-refractivity contribution in [1.82, 2.24) is 14.2 Å². The third-order valence-electron chi connectivity index (χ3n) is 4.59. The minimum absolute atomic E-state index is 0.126. The minimum atomic E-state index is -4.17. The van der Waals surface area contributed by atoms with Crippen molar-refractivity contribution in [2.24, 2.45) is 0 Å². The van der Waals surface area contributed by atoms with Gasteiger partial charge in [-0.1, -0.05) is 12.1 Å². The van der Waals surface area contributed by atoms with Crippen LogP contribution in [-0.4, -0.2) is 41.5 Å². The lowest BCUT2D eigenvalue weighted by atomic mass is 10.1. The topological polar surface area (TPSA) is 109 Å². The molecule has 0 atom stereocenters. The van der Waals surface area contributed by atoms with Crippen LogP contribution in [0.3, 0.4) is 0 Å². The predicted octanol–water partition coefficient (Wildman–Crippen LogP) is 1.04. The fraction of sp³-hybridized carbons (Fsp3) is 0.333. The molecule has 0 aliphatic carbocycles. The number of sulfonamides is 1. The molecule has 0 spiro atoms. The van der Waals surface area contributed by atoms with Gasteiger partial charge in [0.05, 0.1) is 6.54 Å². The van der Waals surface area contributed by atoms with Gasteiger partial charge < -0.3 is 14.6 Å². The molecule has 0 fully saturated rings. The van der Waals surface area contributed by atoms with E-state index in [9.17, 15) is 27.5 Å². The molecule has 2 heterocycles. The zero-order valence-corrected chi connectivity index (χ0v) is 16.2. The molecule has 10 heteroatoms. The highest BCUT2D eigenvalue weighted by Crippen LogP contribution is 2.23. The Hall–Kier alpha value is -2.72. The van der Waals surface area contributed by atoms with E-state index in [2.05, 4.69) is 4.72 Å². The average Bonchev–Trinajstić information content (AvgIpc) is 2.63. The molecule has 1 aliphatic heterocycles. The standard InChI is InChI=1S/C18H20FN3O5S/c1-11(2)21-7-8-22-12(9-14(23)17(24)16(22)18(21)25)10-20-28(26,27)15-6-4-3-5-13(15)19/h3-6,9,11,20,24H,7-8,10H2,1-2H3. The maximum Gasteiger partial charge on any atom is 0.274 e. The second-order valence-corrected chi connectivity index (χ2v) is 8.43. The van der Waals surface area contributed by atoms with Crippen molar-refractivity contribution in [2.75, 3.05) is 6.54 Å². The van der Waals surface area contributed by atoms with E-state index in [1.54, 1.807) is 0 Å². The lowest BCUT2D eigenvalue weighted by Crippen LogP contribution is -2.46. The van der Waals surface area contributed by atoms with Gasteiger partial charge in [0, 0.05) is 30.9 Å². The first kappa shape index (κ1) is 20.0. The van der Waals surface area contributed by atoms with Crippen LogP contribution in [0.25, 0.3) is 0 Å². The Morgan fingerprint density at radius 2 is 1.89 bits per heavy atom. The van der Waals surface area contributed by atoms with E-state index < -0.39 is 37.8 Å². The van der Waals surface area contributed by atoms with Crippen LogP contribution in [0.1, 0.15) is 30.0 Å². The van der Waals surface area contributed by atoms with E-state index in [4.69, 9.17) is 0 Å². The van der Waals surface area contributed by atoms with Crippen LogP contribution in [-0.2, 0) is 23.1 Å². The van der Waals surface area contributed by atoms with Gasteiger partial charge in [-0.05, 0) is 26.0 Å². The van der Waals surface area contributed by atoms with Crippen LogP contribution < -0.4 is 10.2 Å². The number of nitrogens with zero attached hydrogens (tertiary/aromatic N) is 2. The Kier molecular flexibility index (Phi) is 5.26. The smallest absolute Gasteiger partial charge is 0.274 e. The number of hydrogen-bond donors (Lipinski definition) is 2. The lowest BCUT2D eigenvalue weighted by Gasteiger charge is -2.34. The summed E-state index contributed by atoms with van der Waals surface area (Å²) in [6, 6.07) is 5.86. The number of pyridine rings is 1. The van der Waals surface area contributed by atoms with Gasteiger partial charge in [-0.3, -0.25) is 9.59 Å². The molecule has 28 heavy (non-hydrogen) atoms. The molecule has 1 aromatic carbocycles. The number of halogens is 1. The zero-order valence-electron chi connectivity index (χ0n) is 15.3. The quantitative estimate of drug-likeness (QED) is 0.767. The molecule has 3 rings (SSSR count). The van der Waals surface area contributed by atoms with Gasteiger partial charge in [0.1, 0.15) is 10.7 Å². The molecular formula is C18H20FN3O5S. The highest BCUT2D eigenvalue weighted by atomic mass is 32.2. The highest BCUT2D eigenvalue weighted by Gasteiger charge is 2.31. The first-order valence-electron chi connectivity index (χ1n) is 8.64. The summed E-state index contributed by atoms with van der Waals surface area (Å²) in [6.45, 7) is 3.92. The number of benzene rings is 1. The van der Waals surface area contributed by atoms with Gasteiger partial charge in [0.2, 0.25) is 15.5 Å². The summed E-state index contributed by atoms with van der Waals surface area (Å²) < 4.78 is 42.3. The van der Waals surface area contributed by atoms with Crippen molar-refractivity contribution in [3.8, 4) is 5.75 Å². The van der Waals surface area contributed by atoms with Crippen LogP contribution in [0, 0.1) is 5.82 Å². The maximum atomic E-state index is 13.8. The van der Waals surface area contributed by atoms with Crippen molar-refractivity contribution in [3.05, 3.63) is 57.8 Å². The van der Waals surface area contributed by atoms with Gasteiger partial charge >= 0.3 is 0 Å². The van der Waals surface area contributed by atoms with Crippen LogP contribution >= 0.6 is 0 Å². The summed E-state index contributed by atoms with van der Waals surface area (Å²) in [5, 5.41) is 10.1. The molecule has 0 saturated carbocycles. The summed E-state index contributed by atoms with van der Waals surface area (Å²) in [5.74, 6) is -2.08. The van der Waals surface area contributed by atoms with Crippen LogP contribution in [0.2, 0.25) is 0 Å². The van der Waals surface area contributed by atoms with Crippen molar-refractivity contribution < 1.29 is 22.7 Å². The van der Waals surface area contributed by atoms with E-state index >= 15 is 0 Å². The third kappa shape index (κ3) is 3.52. The van der Waals surface area contributed by atoms with Crippen molar-refractivity contribution >= 4 is 15.9 Å². The Bertz CT molecular complexity index is 1090. The van der Waals surface area contributed by atoms with Gasteiger partial charge in [-0.15, -0.1) is 0 Å². The van der Waals surface area contributed by atoms with E-state index in [1.807, 2.05) is 13.8 Å². The predicted molar refractivity (Wildman–Crippen MR) is 99.0 cm³/mol. The number of carbonyl (C=O) groups excluding carboxylic acids is 1. The number of hydrogen-bond acceptors (Lipinski definition) is 5. The van der Waals surface area contributed by atoms with Gasteiger partial charge in [0.25, 0.3) is 5.91 Å². The molecule has 0 bridgehead atoms. The van der Waals surface area contributed by atoms with Crippen LogP contribution in [0.5, 0.6) is 5.75 Å². The average molecular weight is 409 g/mol. The summed E-state index contributed by atoms with van der Waals surface area (Å²) in [5.41, 5.74) is -0.757. The first-order chi connectivity index (χ1) is 13.1. The SMILES string of the molecule is CC(C)N1CCn2c(CNS(=O)(=O)c3ccccc3F)cc(=O)c(O)c2C1=O. The van der Waals surface area contributed by atoms with E-state index in [0.29, 0.717) is 6.54 Å². The summed E-state index contributed by atoms with van der Waals surface area (Å²) in [4.78, 5) is 25.8. The lowest BCUT2D eigenvalue weighted by molar-refractivity contribution is 0.0639. The number of nitrogens with one attached hydrogen (secondary N) is 1. The third-order valence-corrected chi connectivity index (χ3v) is 6.03. The monoisotopic (exact) mass is 409 g/mol. The van der Waals surface area contributed by atoms with E-state index in [0.717, 1.165) is 18.2 Å². The largest absolute Gasteiger partial charge is 0.503 e. The fourth-order valence-corrected chi connectivity index (χ4v) is 4.23. The maximum absolute atomic E-state index is 13.8. The molecule has 1 amide bonds. The fourth-order valence-electron chi connectivity index (χ4n) is 3.15. The molecule has 0 saturated heterocycles. The van der Waals surface area contributed by atoms with Gasteiger partial charge in [-0.25, -0.2) is 17.5 Å². The molecule has 2 aromatic rings. The number of aromatic hydroxyl groups is 1. The Balaban J connectivity index is 1.97. The summed E-state index contributed by atoms with van der Waals surface area (Å²) in [6.07, 6.45) is 0. The Morgan fingerprint density at radius 1 is 1.21 bits per heavy atom. The molecule has 1 aliphatic rings. The highest BCUT2D eigenvalue weighted by molar-refractivity contribution is 7.89. The van der Waals surface area contributed by atoms with E-state index in [1.165, 1.54) is 21.6 Å². The normalized spacial score (nSPS) is 14.4. The minimum Gasteiger partial charge on any atom is -0.503 e. The Labute approximate surface area is 161 Å². The summed E-state index contributed by atoms with van der Waals surface area (Å²) >= 11 is 0. The molecule has 0 radical (unpaired) electrons. The molecule has 150 valence electrons. The first-order valence-corrected chi connectivity index (χ1v) is 10.1. The van der Waals surface area contributed by atoms with Crippen molar-refractivity contribution in [3.63, 3.8) is 0 Å². The molecular weight excluding hydrogens is 389 g/mol. The van der Waals surface area contributed by atoms with Crippen molar-refractivity contribution in [1.29, 1.82) is 0 Å². The number of carbonyl (C=O) groups is 1. The molecule has 0 unspecified atom stereocenters. The second kappa shape index (κ2) is 7.36. The molecule has 1 aromatic heterocycles. The van der Waals surface area contributed by atoms with Gasteiger partial charge in [-0.2, -0.15) is 0 Å². The van der Waals surface area contributed by atoms with Crippen LogP contribution in [0.15, 0.2) is 40.0 Å². The molecule has 8 nitrogen and oxygen atoms in total. The van der Waals surface area contributed by atoms with E-state index in [-0.39, 0.29) is 30.5 Å². The zero-order chi connectivity index (χ0) is 20.6. The number of fused-ring (bicyclic) bond motifs is 1. The number of amides is 1. The number of aromatic nitrogens is 1. The second-order valence-electron chi connectivity index (χ2n) is 6.70. The van der Waals surface area contributed by atoms with Crippen LogP contribution in [0.4, 0.5) is 4.39 Å². The molecule has 2 N–H and O–H groups in total. The number of rotatable bonds is 5. The Morgan fingerprint density at radius 3 is 2.54 bits per heavy atom. The summed E-state index contributed by atoms with van der Waals surface area (Å²) in [7, 11) is -4.17. The van der Waals surface area contributed by atoms with Crippen molar-refractivity contribution in [2.45, 2.75) is 37.9 Å².